The predicted molar refractivity (Wildman–Crippen MR) is 108 cm³/mol. The largest absolute Gasteiger partial charge is 0.316 e. The monoisotopic (exact) mass is 367 g/mol. The molecule has 0 bridgehead atoms. The number of rotatable bonds is 4. The Labute approximate surface area is 159 Å². The summed E-state index contributed by atoms with van der Waals surface area (Å²) in [5.74, 6) is 1.16. The van der Waals surface area contributed by atoms with Gasteiger partial charge >= 0.3 is 0 Å². The molecule has 0 spiro atoms. The van der Waals surface area contributed by atoms with E-state index in [0.29, 0.717) is 17.3 Å². The van der Waals surface area contributed by atoms with Gasteiger partial charge in [-0.3, -0.25) is 4.79 Å². The van der Waals surface area contributed by atoms with E-state index in [0.717, 1.165) is 30.3 Å². The van der Waals surface area contributed by atoms with Crippen LogP contribution in [0.5, 0.6) is 0 Å². The van der Waals surface area contributed by atoms with Gasteiger partial charge in [0.2, 0.25) is 0 Å². The first-order valence-electron chi connectivity index (χ1n) is 8.74. The first-order chi connectivity index (χ1) is 12.3. The Morgan fingerprint density at radius 2 is 1.88 bits per heavy atom. The van der Waals surface area contributed by atoms with Crippen LogP contribution in [0.4, 0.5) is 5.82 Å². The van der Waals surface area contributed by atoms with E-state index in [9.17, 15) is 4.79 Å². The zero-order valence-corrected chi connectivity index (χ0v) is 15.3. The van der Waals surface area contributed by atoms with Gasteiger partial charge in [0.25, 0.3) is 5.91 Å². The molecule has 1 unspecified atom stereocenters. The fraction of sp³-hybridized carbons (Fsp3) is 0.238. The summed E-state index contributed by atoms with van der Waals surface area (Å²) in [5.41, 5.74) is 1.94. The number of fused-ring (bicyclic) bond motifs is 1. The van der Waals surface area contributed by atoms with Gasteiger partial charge in [-0.25, -0.2) is 4.98 Å². The lowest BCUT2D eigenvalue weighted by atomic mass is 9.98. The summed E-state index contributed by atoms with van der Waals surface area (Å²) in [4.78, 5) is 16.8. The highest BCUT2D eigenvalue weighted by Gasteiger charge is 2.15. The number of benzene rings is 2. The summed E-state index contributed by atoms with van der Waals surface area (Å²) in [6.45, 7) is 2.21. The predicted octanol–water partition coefficient (Wildman–Crippen LogP) is 4.06. The van der Waals surface area contributed by atoms with Gasteiger partial charge in [0, 0.05) is 17.1 Å². The molecule has 1 aromatic heterocycles. The smallest absolute Gasteiger partial charge is 0.256 e. The van der Waals surface area contributed by atoms with Gasteiger partial charge in [0.05, 0.1) is 0 Å². The second-order valence-corrected chi connectivity index (χ2v) is 6.63. The molecule has 26 heavy (non-hydrogen) atoms. The summed E-state index contributed by atoms with van der Waals surface area (Å²) in [6, 6.07) is 17.8. The number of nitrogens with one attached hydrogen (secondary N) is 2. The van der Waals surface area contributed by atoms with E-state index in [-0.39, 0.29) is 18.3 Å². The highest BCUT2D eigenvalue weighted by molar-refractivity contribution is 6.04. The molecule has 3 aromatic rings. The van der Waals surface area contributed by atoms with E-state index >= 15 is 0 Å². The van der Waals surface area contributed by atoms with Crippen LogP contribution in [0.1, 0.15) is 22.3 Å². The Kier molecular flexibility index (Phi) is 5.86. The number of nitrogens with zero attached hydrogens (tertiary/aromatic N) is 1. The first kappa shape index (κ1) is 18.4. The molecule has 0 aliphatic carbocycles. The van der Waals surface area contributed by atoms with Crippen molar-refractivity contribution in [1.29, 1.82) is 0 Å². The van der Waals surface area contributed by atoms with Crippen molar-refractivity contribution in [2.24, 2.45) is 5.92 Å². The van der Waals surface area contributed by atoms with Gasteiger partial charge in [-0.05, 0) is 61.0 Å². The zero-order valence-electron chi connectivity index (χ0n) is 14.4. The van der Waals surface area contributed by atoms with Crippen LogP contribution in [0.3, 0.4) is 0 Å². The Morgan fingerprint density at radius 1 is 1.12 bits per heavy atom. The number of carbonyl (C=O) groups excluding carboxylic acids is 1. The third-order valence-electron chi connectivity index (χ3n) is 4.78. The highest BCUT2D eigenvalue weighted by Crippen LogP contribution is 2.18. The minimum Gasteiger partial charge on any atom is -0.316 e. The average molecular weight is 368 g/mol. The number of carbonyl (C=O) groups is 1. The molecule has 2 N–H and O–H groups in total. The Hall–Kier alpha value is -2.43. The normalized spacial score (nSPS) is 16.2. The third-order valence-corrected chi connectivity index (χ3v) is 4.78. The van der Waals surface area contributed by atoms with E-state index in [1.54, 1.807) is 6.20 Å². The van der Waals surface area contributed by atoms with Crippen molar-refractivity contribution in [3.63, 3.8) is 0 Å². The van der Waals surface area contributed by atoms with Crippen molar-refractivity contribution in [1.82, 2.24) is 10.3 Å². The molecule has 4 rings (SSSR count). The maximum Gasteiger partial charge on any atom is 0.256 e. The van der Waals surface area contributed by atoms with Crippen molar-refractivity contribution >= 4 is 34.9 Å². The molecule has 1 aliphatic rings. The Balaban J connectivity index is 0.00000196. The SMILES string of the molecule is Cl.O=C(Nc1cc2ccccc2cn1)c1ccc(CC2CCNC2)cc1. The molecule has 5 heteroatoms. The minimum atomic E-state index is -0.128. The molecule has 2 aromatic carbocycles. The molecule has 1 fully saturated rings. The topological polar surface area (TPSA) is 54.0 Å². The molecule has 1 saturated heterocycles. The number of anilines is 1. The second-order valence-electron chi connectivity index (χ2n) is 6.63. The van der Waals surface area contributed by atoms with Crippen molar-refractivity contribution in [3.8, 4) is 0 Å². The third kappa shape index (κ3) is 4.21. The summed E-state index contributed by atoms with van der Waals surface area (Å²) in [5, 5.41) is 8.40. The number of aromatic nitrogens is 1. The molecular formula is C21H22ClN3O. The second kappa shape index (κ2) is 8.30. The van der Waals surface area contributed by atoms with Crippen molar-refractivity contribution in [2.45, 2.75) is 12.8 Å². The van der Waals surface area contributed by atoms with Gasteiger partial charge < -0.3 is 10.6 Å². The number of pyridine rings is 1. The lowest BCUT2D eigenvalue weighted by molar-refractivity contribution is 0.102. The molecule has 2 heterocycles. The number of hydrogen-bond acceptors (Lipinski definition) is 3. The molecule has 4 nitrogen and oxygen atoms in total. The van der Waals surface area contributed by atoms with Crippen molar-refractivity contribution in [2.75, 3.05) is 18.4 Å². The summed E-state index contributed by atoms with van der Waals surface area (Å²) >= 11 is 0. The minimum absolute atomic E-state index is 0. The lowest BCUT2D eigenvalue weighted by Gasteiger charge is -2.09. The van der Waals surface area contributed by atoms with Gasteiger partial charge in [-0.15, -0.1) is 12.4 Å². The quantitative estimate of drug-likeness (QED) is 0.731. The number of halogens is 1. The molecule has 0 saturated carbocycles. The molecule has 1 atom stereocenters. The standard InChI is InChI=1S/C21H21N3O.ClH/c25-21(24-20-12-18-3-1-2-4-19(18)14-23-20)17-7-5-15(6-8-17)11-16-9-10-22-13-16;/h1-8,12,14,16,22H,9-11,13H2,(H,23,24,25);1H. The van der Waals surface area contributed by atoms with Crippen LogP contribution in [-0.2, 0) is 6.42 Å². The fourth-order valence-electron chi connectivity index (χ4n) is 3.35. The first-order valence-corrected chi connectivity index (χ1v) is 8.74. The van der Waals surface area contributed by atoms with E-state index in [4.69, 9.17) is 0 Å². The van der Waals surface area contributed by atoms with Crippen LogP contribution in [0, 0.1) is 5.92 Å². The Morgan fingerprint density at radius 3 is 2.62 bits per heavy atom. The maximum absolute atomic E-state index is 12.4. The Bertz CT molecular complexity index is 889. The molecule has 1 aliphatic heterocycles. The van der Waals surface area contributed by atoms with Crippen LogP contribution >= 0.6 is 12.4 Å². The van der Waals surface area contributed by atoms with E-state index in [2.05, 4.69) is 27.8 Å². The number of hydrogen-bond donors (Lipinski definition) is 2. The van der Waals surface area contributed by atoms with Gasteiger partial charge in [-0.1, -0.05) is 36.4 Å². The van der Waals surface area contributed by atoms with Crippen LogP contribution < -0.4 is 10.6 Å². The van der Waals surface area contributed by atoms with Gasteiger partial charge in [-0.2, -0.15) is 0 Å². The average Bonchev–Trinajstić information content (AvgIpc) is 3.15. The maximum atomic E-state index is 12.4. The lowest BCUT2D eigenvalue weighted by Crippen LogP contribution is -2.13. The van der Waals surface area contributed by atoms with Crippen LogP contribution in [0.25, 0.3) is 10.8 Å². The van der Waals surface area contributed by atoms with Crippen LogP contribution in [0.15, 0.2) is 60.8 Å². The highest BCUT2D eigenvalue weighted by atomic mass is 35.5. The fourth-order valence-corrected chi connectivity index (χ4v) is 3.35. The van der Waals surface area contributed by atoms with Crippen LogP contribution in [0.2, 0.25) is 0 Å². The van der Waals surface area contributed by atoms with E-state index in [1.165, 1.54) is 12.0 Å². The van der Waals surface area contributed by atoms with E-state index in [1.807, 2.05) is 42.5 Å². The zero-order chi connectivity index (χ0) is 17.1. The molecule has 1 amide bonds. The summed E-state index contributed by atoms with van der Waals surface area (Å²) in [6.07, 6.45) is 4.08. The van der Waals surface area contributed by atoms with Gasteiger partial charge in [0.1, 0.15) is 5.82 Å². The van der Waals surface area contributed by atoms with E-state index < -0.39 is 0 Å². The summed E-state index contributed by atoms with van der Waals surface area (Å²) < 4.78 is 0. The molecule has 134 valence electrons. The van der Waals surface area contributed by atoms with Gasteiger partial charge in [0.15, 0.2) is 0 Å². The number of amides is 1. The van der Waals surface area contributed by atoms with Crippen molar-refractivity contribution in [3.05, 3.63) is 71.9 Å². The van der Waals surface area contributed by atoms with Crippen LogP contribution in [-0.4, -0.2) is 24.0 Å². The molecule has 0 radical (unpaired) electrons. The van der Waals surface area contributed by atoms with Crippen molar-refractivity contribution < 1.29 is 4.79 Å². The molecular weight excluding hydrogens is 346 g/mol. The summed E-state index contributed by atoms with van der Waals surface area (Å²) in [7, 11) is 0.